The number of anilines is 1. The van der Waals surface area contributed by atoms with Crippen LogP contribution in [0.3, 0.4) is 0 Å². The number of piperidine rings is 1. The third-order valence-electron chi connectivity index (χ3n) is 4.66. The van der Waals surface area contributed by atoms with Gasteiger partial charge in [-0.05, 0) is 44.4 Å². The van der Waals surface area contributed by atoms with E-state index in [1.165, 1.54) is 12.8 Å². The molecule has 1 N–H and O–H groups in total. The van der Waals surface area contributed by atoms with Crippen molar-refractivity contribution in [3.63, 3.8) is 0 Å². The molecule has 1 unspecified atom stereocenters. The van der Waals surface area contributed by atoms with Crippen molar-refractivity contribution in [1.82, 2.24) is 15.2 Å². The number of hydrogen-bond donors (Lipinski definition) is 1. The summed E-state index contributed by atoms with van der Waals surface area (Å²) in [7, 11) is 3.93. The first-order valence-corrected chi connectivity index (χ1v) is 8.35. The first-order chi connectivity index (χ1) is 10.7. The minimum atomic E-state index is 0.127. The Morgan fingerprint density at radius 2 is 2.05 bits per heavy atom. The maximum Gasteiger partial charge on any atom is 0.257 e. The molecule has 2 aliphatic heterocycles. The van der Waals surface area contributed by atoms with Gasteiger partial charge in [0.1, 0.15) is 5.82 Å². The molecule has 2 saturated heterocycles. The molecule has 3 heterocycles. The molecule has 1 aromatic rings. The number of rotatable bonds is 3. The second-order valence-electron chi connectivity index (χ2n) is 6.54. The van der Waals surface area contributed by atoms with E-state index in [1.54, 1.807) is 0 Å². The van der Waals surface area contributed by atoms with E-state index in [1.807, 2.05) is 36.0 Å². The van der Waals surface area contributed by atoms with Gasteiger partial charge in [-0.1, -0.05) is 0 Å². The van der Waals surface area contributed by atoms with Gasteiger partial charge < -0.3 is 15.1 Å². The number of aromatic nitrogens is 1. The fourth-order valence-corrected chi connectivity index (χ4v) is 3.39. The summed E-state index contributed by atoms with van der Waals surface area (Å²) < 4.78 is 0. The first kappa shape index (κ1) is 15.3. The Kier molecular flexibility index (Phi) is 4.62. The summed E-state index contributed by atoms with van der Waals surface area (Å²) in [5.74, 6) is 1.39. The van der Waals surface area contributed by atoms with Crippen LogP contribution in [0.4, 0.5) is 5.82 Å². The molecule has 0 spiro atoms. The Hall–Kier alpha value is -1.62. The van der Waals surface area contributed by atoms with Gasteiger partial charge in [-0.25, -0.2) is 4.98 Å². The van der Waals surface area contributed by atoms with E-state index >= 15 is 0 Å². The zero-order valence-electron chi connectivity index (χ0n) is 13.6. The summed E-state index contributed by atoms with van der Waals surface area (Å²) in [6.45, 7) is 3.84. The van der Waals surface area contributed by atoms with Crippen molar-refractivity contribution in [3.05, 3.63) is 23.4 Å². The van der Waals surface area contributed by atoms with E-state index in [9.17, 15) is 4.79 Å². The van der Waals surface area contributed by atoms with Gasteiger partial charge in [0.2, 0.25) is 0 Å². The van der Waals surface area contributed by atoms with Gasteiger partial charge in [0.05, 0.1) is 5.56 Å². The molecule has 2 fully saturated rings. The Morgan fingerprint density at radius 1 is 1.27 bits per heavy atom. The summed E-state index contributed by atoms with van der Waals surface area (Å²) in [4.78, 5) is 21.4. The molecule has 3 rings (SSSR count). The number of nitrogens with one attached hydrogen (secondary N) is 1. The molecule has 0 saturated carbocycles. The Bertz CT molecular complexity index is 531. The number of likely N-dealkylation sites (tertiary alicyclic amines) is 1. The van der Waals surface area contributed by atoms with Crippen LogP contribution >= 0.6 is 0 Å². The molecule has 0 aliphatic carbocycles. The van der Waals surface area contributed by atoms with E-state index in [0.717, 1.165) is 56.1 Å². The van der Waals surface area contributed by atoms with Crippen LogP contribution in [0.25, 0.3) is 0 Å². The number of hydrogen-bond acceptors (Lipinski definition) is 4. The van der Waals surface area contributed by atoms with Crippen LogP contribution in [-0.4, -0.2) is 56.1 Å². The van der Waals surface area contributed by atoms with Crippen LogP contribution in [0.2, 0.25) is 0 Å². The molecule has 0 radical (unpaired) electrons. The fraction of sp³-hybridized carbons (Fsp3) is 0.647. The normalized spacial score (nSPS) is 21.9. The van der Waals surface area contributed by atoms with Gasteiger partial charge >= 0.3 is 0 Å². The summed E-state index contributed by atoms with van der Waals surface area (Å²) >= 11 is 0. The van der Waals surface area contributed by atoms with E-state index < -0.39 is 0 Å². The quantitative estimate of drug-likeness (QED) is 0.926. The number of pyridine rings is 1. The van der Waals surface area contributed by atoms with Crippen molar-refractivity contribution in [2.75, 3.05) is 45.2 Å². The van der Waals surface area contributed by atoms with Crippen LogP contribution in [0, 0.1) is 0 Å². The van der Waals surface area contributed by atoms with Gasteiger partial charge in [-0.15, -0.1) is 0 Å². The first-order valence-electron chi connectivity index (χ1n) is 8.35. The van der Waals surface area contributed by atoms with Crippen LogP contribution in [0.5, 0.6) is 0 Å². The zero-order valence-corrected chi connectivity index (χ0v) is 13.6. The number of carbonyl (C=O) groups is 1. The summed E-state index contributed by atoms with van der Waals surface area (Å²) in [5, 5.41) is 3.44. The van der Waals surface area contributed by atoms with Crippen molar-refractivity contribution in [2.45, 2.75) is 31.6 Å². The van der Waals surface area contributed by atoms with Crippen LogP contribution in [0.15, 0.2) is 12.1 Å². The average molecular weight is 302 g/mol. The maximum absolute atomic E-state index is 12.7. The summed E-state index contributed by atoms with van der Waals surface area (Å²) in [5.41, 5.74) is 1.84. The third kappa shape index (κ3) is 3.09. The highest BCUT2D eigenvalue weighted by Gasteiger charge is 2.25. The van der Waals surface area contributed by atoms with Gasteiger partial charge in [-0.3, -0.25) is 4.79 Å². The van der Waals surface area contributed by atoms with Gasteiger partial charge in [0, 0.05) is 45.3 Å². The smallest absolute Gasteiger partial charge is 0.257 e. The molecule has 0 bridgehead atoms. The molecule has 1 amide bonds. The Morgan fingerprint density at radius 3 is 2.68 bits per heavy atom. The topological polar surface area (TPSA) is 48.5 Å². The van der Waals surface area contributed by atoms with Crippen LogP contribution in [0.1, 0.15) is 47.7 Å². The van der Waals surface area contributed by atoms with Gasteiger partial charge in [-0.2, -0.15) is 0 Å². The SMILES string of the molecule is CN(C)c1nc(C2CCCNC2)ccc1C(=O)N1CCCC1. The third-order valence-corrected chi connectivity index (χ3v) is 4.66. The maximum atomic E-state index is 12.7. The standard InChI is InChI=1S/C17H26N4O/c1-20(2)16-14(17(22)21-10-3-4-11-21)7-8-15(19-16)13-6-5-9-18-12-13/h7-8,13,18H,3-6,9-12H2,1-2H3. The highest BCUT2D eigenvalue weighted by atomic mass is 16.2. The monoisotopic (exact) mass is 302 g/mol. The van der Waals surface area contributed by atoms with E-state index in [4.69, 9.17) is 4.98 Å². The predicted octanol–water partition coefficient (Wildman–Crippen LogP) is 1.85. The molecule has 5 nitrogen and oxygen atoms in total. The van der Waals surface area contributed by atoms with Gasteiger partial charge in [0.25, 0.3) is 5.91 Å². The predicted molar refractivity (Wildman–Crippen MR) is 88.5 cm³/mol. The zero-order chi connectivity index (χ0) is 15.5. The average Bonchev–Trinajstić information content (AvgIpc) is 3.09. The molecule has 1 aromatic heterocycles. The molecule has 120 valence electrons. The van der Waals surface area contributed by atoms with Crippen molar-refractivity contribution < 1.29 is 4.79 Å². The number of amides is 1. The lowest BCUT2D eigenvalue weighted by Gasteiger charge is -2.25. The summed E-state index contributed by atoms with van der Waals surface area (Å²) in [6, 6.07) is 4.03. The van der Waals surface area contributed by atoms with Crippen molar-refractivity contribution >= 4 is 11.7 Å². The van der Waals surface area contributed by atoms with E-state index in [-0.39, 0.29) is 5.91 Å². The van der Waals surface area contributed by atoms with Crippen molar-refractivity contribution in [3.8, 4) is 0 Å². The fourth-order valence-electron chi connectivity index (χ4n) is 3.39. The van der Waals surface area contributed by atoms with Crippen molar-refractivity contribution in [1.29, 1.82) is 0 Å². The molecule has 5 heteroatoms. The highest BCUT2D eigenvalue weighted by Crippen LogP contribution is 2.27. The highest BCUT2D eigenvalue weighted by molar-refractivity contribution is 5.99. The van der Waals surface area contributed by atoms with E-state index in [2.05, 4.69) is 5.32 Å². The second kappa shape index (κ2) is 6.65. The minimum Gasteiger partial charge on any atom is -0.362 e. The minimum absolute atomic E-state index is 0.127. The summed E-state index contributed by atoms with van der Waals surface area (Å²) in [6.07, 6.45) is 4.59. The largest absolute Gasteiger partial charge is 0.362 e. The second-order valence-corrected chi connectivity index (χ2v) is 6.54. The van der Waals surface area contributed by atoms with Crippen LogP contribution < -0.4 is 10.2 Å². The van der Waals surface area contributed by atoms with Gasteiger partial charge in [0.15, 0.2) is 0 Å². The number of nitrogens with zero attached hydrogens (tertiary/aromatic N) is 3. The molecular weight excluding hydrogens is 276 g/mol. The molecule has 1 atom stereocenters. The van der Waals surface area contributed by atoms with Crippen molar-refractivity contribution in [2.24, 2.45) is 0 Å². The lowest BCUT2D eigenvalue weighted by Crippen LogP contribution is -2.31. The Labute approximate surface area is 132 Å². The molecule has 2 aliphatic rings. The Balaban J connectivity index is 1.88. The number of carbonyl (C=O) groups excluding carboxylic acids is 1. The molecular formula is C17H26N4O. The molecule has 0 aromatic carbocycles. The van der Waals surface area contributed by atoms with E-state index in [0.29, 0.717) is 5.92 Å². The lowest BCUT2D eigenvalue weighted by atomic mass is 9.95. The lowest BCUT2D eigenvalue weighted by molar-refractivity contribution is 0.0793. The van der Waals surface area contributed by atoms with Crippen LogP contribution in [-0.2, 0) is 0 Å². The molecule has 22 heavy (non-hydrogen) atoms.